The fraction of sp³-hybridized carbons (Fsp3) is 0.533. The van der Waals surface area contributed by atoms with E-state index in [4.69, 9.17) is 25.8 Å². The standard InChI is InChI=1S/C15H19ClFNO4/c1-20-8-11-6-12(21-2)7-18(11)15(19)9-22-14-4-3-10(17)5-13(14)16/h3-5,11-12H,6-9H2,1-2H3/t11-,12+/m0/s1. The van der Waals surface area contributed by atoms with Gasteiger partial charge in [-0.25, -0.2) is 4.39 Å². The third kappa shape index (κ3) is 4.09. The molecule has 0 aromatic heterocycles. The van der Waals surface area contributed by atoms with Gasteiger partial charge >= 0.3 is 0 Å². The number of amides is 1. The van der Waals surface area contributed by atoms with Gasteiger partial charge in [0.05, 0.1) is 23.8 Å². The van der Waals surface area contributed by atoms with Crippen molar-refractivity contribution in [1.82, 2.24) is 4.90 Å². The van der Waals surface area contributed by atoms with Gasteiger partial charge in [0.1, 0.15) is 11.6 Å². The van der Waals surface area contributed by atoms with Gasteiger partial charge in [-0.1, -0.05) is 11.6 Å². The first-order valence-electron chi connectivity index (χ1n) is 6.94. The summed E-state index contributed by atoms with van der Waals surface area (Å²) in [4.78, 5) is 14.0. The Morgan fingerprint density at radius 3 is 2.86 bits per heavy atom. The molecule has 1 fully saturated rings. The van der Waals surface area contributed by atoms with E-state index in [1.807, 2.05) is 0 Å². The molecule has 1 aromatic carbocycles. The van der Waals surface area contributed by atoms with Crippen molar-refractivity contribution >= 4 is 17.5 Å². The van der Waals surface area contributed by atoms with E-state index in [2.05, 4.69) is 0 Å². The molecule has 1 saturated heterocycles. The second-order valence-corrected chi connectivity index (χ2v) is 5.52. The first-order chi connectivity index (χ1) is 10.5. The SMILES string of the molecule is COC[C@@H]1C[C@@H](OC)CN1C(=O)COc1ccc(F)cc1Cl. The maximum atomic E-state index is 13.0. The number of hydrogen-bond acceptors (Lipinski definition) is 4. The van der Waals surface area contributed by atoms with Crippen LogP contribution < -0.4 is 4.74 Å². The molecule has 0 bridgehead atoms. The van der Waals surface area contributed by atoms with Crippen LogP contribution in [0.1, 0.15) is 6.42 Å². The molecule has 0 N–H and O–H groups in total. The molecule has 1 aliphatic rings. The number of nitrogens with zero attached hydrogens (tertiary/aromatic N) is 1. The van der Waals surface area contributed by atoms with Crippen LogP contribution in [0, 0.1) is 5.82 Å². The molecule has 0 saturated carbocycles. The van der Waals surface area contributed by atoms with Crippen molar-refractivity contribution in [2.75, 3.05) is 34.0 Å². The molecule has 5 nitrogen and oxygen atoms in total. The monoisotopic (exact) mass is 331 g/mol. The summed E-state index contributed by atoms with van der Waals surface area (Å²) in [6, 6.07) is 3.75. The highest BCUT2D eigenvalue weighted by atomic mass is 35.5. The largest absolute Gasteiger partial charge is 0.482 e. The maximum Gasteiger partial charge on any atom is 0.260 e. The van der Waals surface area contributed by atoms with Crippen molar-refractivity contribution in [3.63, 3.8) is 0 Å². The summed E-state index contributed by atoms with van der Waals surface area (Å²) < 4.78 is 28.8. The number of benzene rings is 1. The van der Waals surface area contributed by atoms with E-state index in [9.17, 15) is 9.18 Å². The summed E-state index contributed by atoms with van der Waals surface area (Å²) in [5, 5.41) is 0.137. The van der Waals surface area contributed by atoms with Gasteiger partial charge < -0.3 is 19.1 Å². The van der Waals surface area contributed by atoms with Gasteiger partial charge in [-0.05, 0) is 24.6 Å². The number of carbonyl (C=O) groups is 1. The molecule has 2 rings (SSSR count). The predicted octanol–water partition coefficient (Wildman–Crippen LogP) is 2.12. The Hall–Kier alpha value is -1.37. The first kappa shape index (κ1) is 17.0. The summed E-state index contributed by atoms with van der Waals surface area (Å²) in [7, 11) is 3.22. The van der Waals surface area contributed by atoms with Crippen molar-refractivity contribution in [1.29, 1.82) is 0 Å². The van der Waals surface area contributed by atoms with E-state index >= 15 is 0 Å². The van der Waals surface area contributed by atoms with Crippen LogP contribution in [-0.4, -0.2) is 56.9 Å². The van der Waals surface area contributed by atoms with Crippen LogP contribution in [0.2, 0.25) is 5.02 Å². The van der Waals surface area contributed by atoms with E-state index in [1.54, 1.807) is 19.1 Å². The Morgan fingerprint density at radius 2 is 2.23 bits per heavy atom. The van der Waals surface area contributed by atoms with Gasteiger partial charge in [0.15, 0.2) is 6.61 Å². The molecular weight excluding hydrogens is 313 g/mol. The summed E-state index contributed by atoms with van der Waals surface area (Å²) in [6.07, 6.45) is 0.728. The van der Waals surface area contributed by atoms with Gasteiger partial charge in [-0.2, -0.15) is 0 Å². The lowest BCUT2D eigenvalue weighted by molar-refractivity contribution is -0.135. The number of rotatable bonds is 6. The minimum Gasteiger partial charge on any atom is -0.482 e. The predicted molar refractivity (Wildman–Crippen MR) is 79.7 cm³/mol. The molecule has 1 amide bonds. The normalized spacial score (nSPS) is 21.2. The van der Waals surface area contributed by atoms with Gasteiger partial charge in [0.25, 0.3) is 5.91 Å². The second-order valence-electron chi connectivity index (χ2n) is 5.11. The number of hydrogen-bond donors (Lipinski definition) is 0. The van der Waals surface area contributed by atoms with Crippen LogP contribution in [0.3, 0.4) is 0 Å². The molecule has 2 atom stereocenters. The van der Waals surface area contributed by atoms with Crippen LogP contribution in [0.25, 0.3) is 0 Å². The van der Waals surface area contributed by atoms with Gasteiger partial charge in [-0.3, -0.25) is 4.79 Å². The molecule has 0 aliphatic carbocycles. The smallest absolute Gasteiger partial charge is 0.260 e. The van der Waals surface area contributed by atoms with E-state index in [1.165, 1.54) is 12.1 Å². The van der Waals surface area contributed by atoms with Gasteiger partial charge in [0, 0.05) is 20.8 Å². The highest BCUT2D eigenvalue weighted by molar-refractivity contribution is 6.32. The number of carbonyl (C=O) groups excluding carboxylic acids is 1. The number of ether oxygens (including phenoxy) is 3. The Bertz CT molecular complexity index is 528. The Morgan fingerprint density at radius 1 is 1.45 bits per heavy atom. The third-order valence-corrected chi connectivity index (χ3v) is 3.93. The van der Waals surface area contributed by atoms with Crippen LogP contribution in [0.5, 0.6) is 5.75 Å². The lowest BCUT2D eigenvalue weighted by Crippen LogP contribution is -2.41. The molecule has 7 heteroatoms. The summed E-state index contributed by atoms with van der Waals surface area (Å²) in [5.41, 5.74) is 0. The molecule has 22 heavy (non-hydrogen) atoms. The maximum absolute atomic E-state index is 13.0. The minimum absolute atomic E-state index is 0.00138. The highest BCUT2D eigenvalue weighted by Crippen LogP contribution is 2.25. The number of halogens is 2. The third-order valence-electron chi connectivity index (χ3n) is 3.63. The van der Waals surface area contributed by atoms with Crippen LogP contribution >= 0.6 is 11.6 Å². The van der Waals surface area contributed by atoms with Crippen molar-refractivity contribution in [2.45, 2.75) is 18.6 Å². The van der Waals surface area contributed by atoms with Crippen molar-refractivity contribution in [3.8, 4) is 5.75 Å². The molecule has 122 valence electrons. The summed E-state index contributed by atoms with van der Waals surface area (Å²) >= 11 is 5.87. The topological polar surface area (TPSA) is 48.0 Å². The highest BCUT2D eigenvalue weighted by Gasteiger charge is 2.35. The zero-order valence-electron chi connectivity index (χ0n) is 12.6. The molecule has 1 aromatic rings. The average Bonchev–Trinajstić information content (AvgIpc) is 2.90. The molecule has 0 unspecified atom stereocenters. The Labute approximate surface area is 133 Å². The summed E-state index contributed by atoms with van der Waals surface area (Å²) in [5.74, 6) is -0.351. The molecule has 0 spiro atoms. The van der Waals surface area contributed by atoms with E-state index in [-0.39, 0.29) is 35.4 Å². The van der Waals surface area contributed by atoms with E-state index in [0.29, 0.717) is 13.2 Å². The van der Waals surface area contributed by atoms with Crippen LogP contribution in [0.15, 0.2) is 18.2 Å². The van der Waals surface area contributed by atoms with Crippen LogP contribution in [-0.2, 0) is 14.3 Å². The Kier molecular flexibility index (Phi) is 5.99. The summed E-state index contributed by atoms with van der Waals surface area (Å²) in [6.45, 7) is 0.786. The lowest BCUT2D eigenvalue weighted by Gasteiger charge is -2.23. The van der Waals surface area contributed by atoms with Crippen molar-refractivity contribution in [3.05, 3.63) is 29.0 Å². The first-order valence-corrected chi connectivity index (χ1v) is 7.32. The van der Waals surface area contributed by atoms with Gasteiger partial charge in [-0.15, -0.1) is 0 Å². The molecule has 0 radical (unpaired) electrons. The quantitative estimate of drug-likeness (QED) is 0.801. The zero-order valence-corrected chi connectivity index (χ0v) is 13.3. The lowest BCUT2D eigenvalue weighted by atomic mass is 10.2. The second kappa shape index (κ2) is 7.76. The molecular formula is C15H19ClFNO4. The molecule has 1 heterocycles. The van der Waals surface area contributed by atoms with E-state index < -0.39 is 5.82 Å². The van der Waals surface area contributed by atoms with Crippen molar-refractivity contribution in [2.24, 2.45) is 0 Å². The fourth-order valence-corrected chi connectivity index (χ4v) is 2.74. The van der Waals surface area contributed by atoms with Crippen molar-refractivity contribution < 1.29 is 23.4 Å². The fourth-order valence-electron chi connectivity index (χ4n) is 2.51. The van der Waals surface area contributed by atoms with Gasteiger partial charge in [0.2, 0.25) is 0 Å². The average molecular weight is 332 g/mol. The zero-order chi connectivity index (χ0) is 16.1. The number of likely N-dealkylation sites (tertiary alicyclic amines) is 1. The van der Waals surface area contributed by atoms with E-state index in [0.717, 1.165) is 12.5 Å². The Balaban J connectivity index is 1.95. The number of methoxy groups -OCH3 is 2. The van der Waals surface area contributed by atoms with Crippen LogP contribution in [0.4, 0.5) is 4.39 Å². The minimum atomic E-state index is -0.452. The molecule has 1 aliphatic heterocycles.